The number of ether oxygens (including phenoxy) is 2. The number of rotatable bonds is 14. The minimum absolute atomic E-state index is 0.0116. The predicted molar refractivity (Wildman–Crippen MR) is 192 cm³/mol. The number of nitrogens with zero attached hydrogens (tertiary/aromatic N) is 2. The van der Waals surface area contributed by atoms with Gasteiger partial charge in [0.25, 0.3) is 5.91 Å². The normalized spacial score (nSPS) is 12.7. The van der Waals surface area contributed by atoms with E-state index in [-0.39, 0.29) is 34.3 Å². The largest absolute Gasteiger partial charge is 0.506 e. The van der Waals surface area contributed by atoms with Gasteiger partial charge in [0.1, 0.15) is 17.2 Å². The van der Waals surface area contributed by atoms with Crippen molar-refractivity contribution in [3.8, 4) is 11.5 Å². The Labute approximate surface area is 284 Å². The van der Waals surface area contributed by atoms with Gasteiger partial charge in [-0.25, -0.2) is 4.79 Å². The first kappa shape index (κ1) is 36.1. The Hall–Kier alpha value is -4.72. The Bertz CT molecular complexity index is 1790. The molecule has 0 bridgehead atoms. The zero-order valence-electron chi connectivity index (χ0n) is 29.5. The Kier molecular flexibility index (Phi) is 11.6. The van der Waals surface area contributed by atoms with Crippen molar-refractivity contribution < 1.29 is 24.2 Å². The quantitative estimate of drug-likeness (QED) is 0.0801. The number of nitrogens with one attached hydrogen (secondary N) is 1. The fourth-order valence-corrected chi connectivity index (χ4v) is 5.42. The second-order valence-corrected chi connectivity index (χ2v) is 13.3. The van der Waals surface area contributed by atoms with Crippen molar-refractivity contribution in [3.05, 3.63) is 95.1 Å². The maximum absolute atomic E-state index is 13.9. The van der Waals surface area contributed by atoms with Gasteiger partial charge >= 0.3 is 5.97 Å². The van der Waals surface area contributed by atoms with E-state index in [0.717, 1.165) is 30.6 Å². The highest BCUT2D eigenvalue weighted by atomic mass is 16.5. The first-order valence-corrected chi connectivity index (χ1v) is 16.9. The lowest BCUT2D eigenvalue weighted by Crippen LogP contribution is -2.39. The predicted octanol–water partition coefficient (Wildman–Crippen LogP) is 10.4. The van der Waals surface area contributed by atoms with Crippen molar-refractivity contribution >= 4 is 34.0 Å². The maximum Gasteiger partial charge on any atom is 0.340 e. The van der Waals surface area contributed by atoms with Crippen LogP contribution in [0.3, 0.4) is 0 Å². The van der Waals surface area contributed by atoms with Gasteiger partial charge in [-0.3, -0.25) is 4.79 Å². The van der Waals surface area contributed by atoms with Gasteiger partial charge in [-0.1, -0.05) is 103 Å². The molecule has 0 fully saturated rings. The zero-order chi connectivity index (χ0) is 35.1. The standard InChI is InChI=1S/C40H49N3O5/c1-9-17-35(48-34-23-22-26(39(5,6)10-2)24-31(34)40(7,8)11-3)41-37(45)30-25-33(27-18-13-14-19-28(27)36(30)44)43-42-32-21-16-15-20-29(32)38(46)47-12-4/h13-16,18-25,35,44H,9-12,17H2,1-8H3,(H,41,45). The second-order valence-electron chi connectivity index (χ2n) is 13.3. The SMILES string of the molecule is CCCC(NC(=O)c1cc(N=Nc2ccccc2C(=O)OCC)c2ccccc2c1O)Oc1ccc(C(C)(C)CC)cc1C(C)(C)CC. The highest BCUT2D eigenvalue weighted by molar-refractivity contribution is 6.07. The molecule has 4 rings (SSSR count). The molecule has 0 radical (unpaired) electrons. The molecule has 0 aliphatic heterocycles. The van der Waals surface area contributed by atoms with Crippen LogP contribution in [-0.2, 0) is 15.6 Å². The van der Waals surface area contributed by atoms with E-state index in [2.05, 4.69) is 69.2 Å². The monoisotopic (exact) mass is 651 g/mol. The Balaban J connectivity index is 1.71. The number of carbonyl (C=O) groups is 2. The molecule has 0 saturated heterocycles. The van der Waals surface area contributed by atoms with E-state index in [9.17, 15) is 14.7 Å². The molecule has 0 aliphatic carbocycles. The highest BCUT2D eigenvalue weighted by Gasteiger charge is 2.28. The lowest BCUT2D eigenvalue weighted by molar-refractivity contribution is 0.0527. The summed E-state index contributed by atoms with van der Waals surface area (Å²) in [5.41, 5.74) is 3.21. The molecule has 48 heavy (non-hydrogen) atoms. The van der Waals surface area contributed by atoms with Crippen molar-refractivity contribution in [2.75, 3.05) is 6.61 Å². The average molecular weight is 652 g/mol. The van der Waals surface area contributed by atoms with Gasteiger partial charge < -0.3 is 19.9 Å². The van der Waals surface area contributed by atoms with Crippen LogP contribution >= 0.6 is 0 Å². The van der Waals surface area contributed by atoms with Crippen molar-refractivity contribution in [1.82, 2.24) is 5.32 Å². The van der Waals surface area contributed by atoms with Crippen molar-refractivity contribution in [1.29, 1.82) is 0 Å². The summed E-state index contributed by atoms with van der Waals surface area (Å²) in [5, 5.41) is 24.2. The lowest BCUT2D eigenvalue weighted by Gasteiger charge is -2.32. The van der Waals surface area contributed by atoms with Crippen molar-refractivity contribution in [3.63, 3.8) is 0 Å². The summed E-state index contributed by atoms with van der Waals surface area (Å²) in [6.45, 7) is 17.3. The molecule has 254 valence electrons. The van der Waals surface area contributed by atoms with E-state index >= 15 is 0 Å². The number of hydrogen-bond donors (Lipinski definition) is 2. The van der Waals surface area contributed by atoms with Crippen LogP contribution in [0.25, 0.3) is 10.8 Å². The van der Waals surface area contributed by atoms with Gasteiger partial charge in [0.05, 0.1) is 23.4 Å². The van der Waals surface area contributed by atoms with E-state index in [1.807, 2.05) is 19.1 Å². The summed E-state index contributed by atoms with van der Waals surface area (Å²) in [6, 6.07) is 21.8. The van der Waals surface area contributed by atoms with E-state index in [0.29, 0.717) is 28.6 Å². The summed E-state index contributed by atoms with van der Waals surface area (Å²) in [7, 11) is 0. The molecule has 1 atom stereocenters. The second kappa shape index (κ2) is 15.5. The fourth-order valence-electron chi connectivity index (χ4n) is 5.42. The molecule has 1 amide bonds. The molecule has 0 saturated carbocycles. The number of phenols is 1. The van der Waals surface area contributed by atoms with Crippen LogP contribution in [0.5, 0.6) is 11.5 Å². The lowest BCUT2D eigenvalue weighted by atomic mass is 9.76. The third kappa shape index (κ3) is 8.04. The number of hydrogen-bond acceptors (Lipinski definition) is 7. The van der Waals surface area contributed by atoms with Gasteiger partial charge in [-0.2, -0.15) is 0 Å². The van der Waals surface area contributed by atoms with Crippen LogP contribution < -0.4 is 10.1 Å². The molecule has 0 spiro atoms. The van der Waals surface area contributed by atoms with E-state index in [1.54, 1.807) is 49.4 Å². The highest BCUT2D eigenvalue weighted by Crippen LogP contribution is 2.40. The molecule has 8 heteroatoms. The van der Waals surface area contributed by atoms with Crippen LogP contribution in [0.1, 0.15) is 113 Å². The summed E-state index contributed by atoms with van der Waals surface area (Å²) in [5.74, 6) is -0.434. The van der Waals surface area contributed by atoms with Crippen LogP contribution in [0.2, 0.25) is 0 Å². The maximum atomic E-state index is 13.9. The van der Waals surface area contributed by atoms with Crippen molar-refractivity contribution in [2.45, 2.75) is 98.1 Å². The summed E-state index contributed by atoms with van der Waals surface area (Å²) in [6.07, 6.45) is 2.60. The van der Waals surface area contributed by atoms with E-state index < -0.39 is 18.1 Å². The number of aromatic hydroxyl groups is 1. The smallest absolute Gasteiger partial charge is 0.340 e. The number of benzene rings is 4. The molecule has 4 aromatic rings. The minimum atomic E-state index is -0.647. The van der Waals surface area contributed by atoms with Crippen LogP contribution in [0.4, 0.5) is 11.4 Å². The van der Waals surface area contributed by atoms with Crippen LogP contribution in [0.15, 0.2) is 83.0 Å². The van der Waals surface area contributed by atoms with Crippen molar-refractivity contribution in [2.24, 2.45) is 10.2 Å². The van der Waals surface area contributed by atoms with Crippen LogP contribution in [0, 0.1) is 0 Å². The minimum Gasteiger partial charge on any atom is -0.506 e. The molecule has 0 aromatic heterocycles. The number of azo groups is 1. The van der Waals surface area contributed by atoms with Gasteiger partial charge in [0.2, 0.25) is 0 Å². The number of phenolic OH excluding ortho intramolecular Hbond substituents is 1. The molecule has 1 unspecified atom stereocenters. The summed E-state index contributed by atoms with van der Waals surface area (Å²) in [4.78, 5) is 26.4. The number of fused-ring (bicyclic) bond motifs is 1. The van der Waals surface area contributed by atoms with Gasteiger partial charge in [0, 0.05) is 22.8 Å². The fraction of sp³-hybridized carbons (Fsp3) is 0.400. The molecule has 8 nitrogen and oxygen atoms in total. The molecule has 0 heterocycles. The zero-order valence-corrected chi connectivity index (χ0v) is 29.5. The molecule has 4 aromatic carbocycles. The third-order valence-corrected chi connectivity index (χ3v) is 9.27. The molecular formula is C40H49N3O5. The average Bonchev–Trinajstić information content (AvgIpc) is 3.08. The first-order chi connectivity index (χ1) is 22.9. The van der Waals surface area contributed by atoms with Gasteiger partial charge in [-0.15, -0.1) is 10.2 Å². The topological polar surface area (TPSA) is 110 Å². The van der Waals surface area contributed by atoms with E-state index in [1.165, 1.54) is 11.6 Å². The molecule has 2 N–H and O–H groups in total. The number of amides is 1. The van der Waals surface area contributed by atoms with Crippen LogP contribution in [-0.4, -0.2) is 29.8 Å². The number of esters is 1. The third-order valence-electron chi connectivity index (χ3n) is 9.27. The Morgan fingerprint density at radius 1 is 0.792 bits per heavy atom. The van der Waals surface area contributed by atoms with Gasteiger partial charge in [0.15, 0.2) is 6.23 Å². The Morgan fingerprint density at radius 3 is 2.10 bits per heavy atom. The molecule has 0 aliphatic rings. The summed E-state index contributed by atoms with van der Waals surface area (Å²) < 4.78 is 11.8. The van der Waals surface area contributed by atoms with Gasteiger partial charge in [-0.05, 0) is 60.4 Å². The number of carbonyl (C=O) groups excluding carboxylic acids is 2. The molecular weight excluding hydrogens is 602 g/mol. The Morgan fingerprint density at radius 2 is 1.44 bits per heavy atom. The summed E-state index contributed by atoms with van der Waals surface area (Å²) >= 11 is 0. The van der Waals surface area contributed by atoms with E-state index in [4.69, 9.17) is 9.47 Å². The first-order valence-electron chi connectivity index (χ1n) is 16.9.